The molecule has 2 N–H and O–H groups in total. The molecule has 2 heterocycles. The van der Waals surface area contributed by atoms with E-state index in [0.717, 1.165) is 6.42 Å². The van der Waals surface area contributed by atoms with Crippen molar-refractivity contribution >= 4 is 21.7 Å². The van der Waals surface area contributed by atoms with Gasteiger partial charge in [-0.1, -0.05) is 25.1 Å². The summed E-state index contributed by atoms with van der Waals surface area (Å²) in [5, 5.41) is 5.83. The molecule has 6 nitrogen and oxygen atoms in total. The lowest BCUT2D eigenvalue weighted by Gasteiger charge is -2.32. The number of hydrogen-bond acceptors (Lipinski definition) is 4. The summed E-state index contributed by atoms with van der Waals surface area (Å²) >= 11 is 0. The molecule has 21 heavy (non-hydrogen) atoms. The minimum atomic E-state index is -3.32. The molecular formula is C14H17N3O3S. The van der Waals surface area contributed by atoms with Crippen LogP contribution in [0, 0.1) is 0 Å². The summed E-state index contributed by atoms with van der Waals surface area (Å²) in [6.45, 7) is 2.61. The minimum Gasteiger partial charge on any atom is -0.338 e. The Balaban J connectivity index is 2.10. The number of sulfone groups is 1. The van der Waals surface area contributed by atoms with Gasteiger partial charge in [-0.2, -0.15) is 0 Å². The number of amides is 1. The number of guanidine groups is 1. The van der Waals surface area contributed by atoms with Crippen molar-refractivity contribution < 1.29 is 13.2 Å². The lowest BCUT2D eigenvalue weighted by atomic mass is 9.87. The second-order valence-corrected chi connectivity index (χ2v) is 7.36. The molecule has 1 atom stereocenters. The molecule has 0 aromatic heterocycles. The zero-order chi connectivity index (χ0) is 15.1. The van der Waals surface area contributed by atoms with Crippen LogP contribution in [-0.4, -0.2) is 32.6 Å². The molecule has 0 bridgehead atoms. The number of carbonyl (C=O) groups excluding carboxylic acids is 1. The average Bonchev–Trinajstić information content (AvgIpc) is 2.79. The first-order valence-corrected chi connectivity index (χ1v) is 8.61. The van der Waals surface area contributed by atoms with E-state index in [1.165, 1.54) is 0 Å². The lowest BCUT2D eigenvalue weighted by molar-refractivity contribution is -0.124. The highest BCUT2D eigenvalue weighted by molar-refractivity contribution is 7.91. The van der Waals surface area contributed by atoms with Crippen LogP contribution in [0.25, 0.3) is 0 Å². The van der Waals surface area contributed by atoms with Gasteiger partial charge in [0.1, 0.15) is 5.54 Å². The van der Waals surface area contributed by atoms with Crippen molar-refractivity contribution in [3.63, 3.8) is 0 Å². The SMILES string of the molecule is CCCN=C1NC(=O)C2(CCS(=O)(=O)c3ccccc32)N1. The van der Waals surface area contributed by atoms with E-state index >= 15 is 0 Å². The summed E-state index contributed by atoms with van der Waals surface area (Å²) in [6, 6.07) is 6.68. The first kappa shape index (κ1) is 14.1. The molecule has 0 aliphatic carbocycles. The van der Waals surface area contributed by atoms with Crippen LogP contribution in [0.5, 0.6) is 0 Å². The van der Waals surface area contributed by atoms with Crippen LogP contribution in [0.15, 0.2) is 34.2 Å². The zero-order valence-corrected chi connectivity index (χ0v) is 12.5. The number of rotatable bonds is 2. The molecule has 112 valence electrons. The van der Waals surface area contributed by atoms with E-state index < -0.39 is 15.4 Å². The average molecular weight is 307 g/mol. The predicted octanol–water partition coefficient (Wildman–Crippen LogP) is 0.545. The van der Waals surface area contributed by atoms with Crippen molar-refractivity contribution in [1.82, 2.24) is 10.6 Å². The van der Waals surface area contributed by atoms with Gasteiger partial charge in [-0.3, -0.25) is 15.1 Å². The van der Waals surface area contributed by atoms with Crippen molar-refractivity contribution in [2.75, 3.05) is 12.3 Å². The highest BCUT2D eigenvalue weighted by Gasteiger charge is 2.51. The van der Waals surface area contributed by atoms with Crippen molar-refractivity contribution in [3.8, 4) is 0 Å². The van der Waals surface area contributed by atoms with E-state index in [9.17, 15) is 13.2 Å². The van der Waals surface area contributed by atoms with Crippen molar-refractivity contribution in [1.29, 1.82) is 0 Å². The van der Waals surface area contributed by atoms with Gasteiger partial charge in [0.15, 0.2) is 15.8 Å². The third kappa shape index (κ3) is 2.12. The van der Waals surface area contributed by atoms with Crippen LogP contribution in [-0.2, 0) is 20.2 Å². The summed E-state index contributed by atoms with van der Waals surface area (Å²) < 4.78 is 24.4. The number of carbonyl (C=O) groups is 1. The molecule has 1 saturated heterocycles. The van der Waals surface area contributed by atoms with Gasteiger partial charge < -0.3 is 5.32 Å². The first-order valence-electron chi connectivity index (χ1n) is 6.96. The number of nitrogens with one attached hydrogen (secondary N) is 2. The predicted molar refractivity (Wildman–Crippen MR) is 78.7 cm³/mol. The van der Waals surface area contributed by atoms with E-state index in [2.05, 4.69) is 15.6 Å². The van der Waals surface area contributed by atoms with Gasteiger partial charge in [0.05, 0.1) is 10.6 Å². The third-order valence-electron chi connectivity index (χ3n) is 3.87. The van der Waals surface area contributed by atoms with Gasteiger partial charge in [0, 0.05) is 12.1 Å². The number of fused-ring (bicyclic) bond motifs is 2. The van der Waals surface area contributed by atoms with Crippen LogP contribution < -0.4 is 10.6 Å². The van der Waals surface area contributed by atoms with Crippen molar-refractivity contribution in [2.24, 2.45) is 4.99 Å². The number of nitrogens with zero attached hydrogens (tertiary/aromatic N) is 1. The maximum Gasteiger partial charge on any atom is 0.257 e. The van der Waals surface area contributed by atoms with E-state index in [1.54, 1.807) is 24.3 Å². The standard InChI is InChI=1S/C14H17N3O3S/c1-2-8-15-13-16-12(18)14(17-13)7-9-21(19,20)11-6-4-3-5-10(11)14/h3-6H,2,7-9H2,1H3,(H2,15,16,17,18). The second-order valence-electron chi connectivity index (χ2n) is 5.28. The Kier molecular flexibility index (Phi) is 3.24. The molecule has 2 aliphatic heterocycles. The molecule has 2 aliphatic rings. The number of hydrogen-bond donors (Lipinski definition) is 2. The molecule has 1 fully saturated rings. The maximum atomic E-state index is 12.4. The monoisotopic (exact) mass is 307 g/mol. The highest BCUT2D eigenvalue weighted by Crippen LogP contribution is 2.38. The Labute approximate surface area is 123 Å². The van der Waals surface area contributed by atoms with Crippen molar-refractivity contribution in [2.45, 2.75) is 30.2 Å². The quantitative estimate of drug-likeness (QED) is 0.835. The Hall–Kier alpha value is -1.89. The maximum absolute atomic E-state index is 12.4. The van der Waals surface area contributed by atoms with E-state index in [-0.39, 0.29) is 23.0 Å². The summed E-state index contributed by atoms with van der Waals surface area (Å²) in [4.78, 5) is 17.0. The van der Waals surface area contributed by atoms with E-state index in [1.807, 2.05) is 6.92 Å². The third-order valence-corrected chi connectivity index (χ3v) is 5.64. The Morgan fingerprint density at radius 3 is 2.86 bits per heavy atom. The molecule has 1 amide bonds. The number of benzene rings is 1. The van der Waals surface area contributed by atoms with Gasteiger partial charge in [-0.25, -0.2) is 8.42 Å². The largest absolute Gasteiger partial charge is 0.338 e. The van der Waals surface area contributed by atoms with Crippen LogP contribution >= 0.6 is 0 Å². The normalized spacial score (nSPS) is 28.2. The van der Waals surface area contributed by atoms with E-state index in [4.69, 9.17) is 0 Å². The van der Waals surface area contributed by atoms with Crippen LogP contribution in [0.1, 0.15) is 25.3 Å². The molecule has 3 rings (SSSR count). The van der Waals surface area contributed by atoms with Gasteiger partial charge in [-0.05, 0) is 18.9 Å². The molecule has 7 heteroatoms. The lowest BCUT2D eigenvalue weighted by Crippen LogP contribution is -2.48. The van der Waals surface area contributed by atoms with Crippen LogP contribution in [0.4, 0.5) is 0 Å². The van der Waals surface area contributed by atoms with Crippen LogP contribution in [0.2, 0.25) is 0 Å². The molecule has 1 unspecified atom stereocenters. The topological polar surface area (TPSA) is 87.6 Å². The van der Waals surface area contributed by atoms with Gasteiger partial charge >= 0.3 is 0 Å². The molecule has 1 aromatic carbocycles. The van der Waals surface area contributed by atoms with Gasteiger partial charge in [0.2, 0.25) is 0 Å². The second kappa shape index (κ2) is 4.84. The van der Waals surface area contributed by atoms with Crippen molar-refractivity contribution in [3.05, 3.63) is 29.8 Å². The molecular weight excluding hydrogens is 290 g/mol. The first-order chi connectivity index (χ1) is 9.99. The Morgan fingerprint density at radius 1 is 1.33 bits per heavy atom. The summed E-state index contributed by atoms with van der Waals surface area (Å²) in [7, 11) is -3.32. The smallest absolute Gasteiger partial charge is 0.257 e. The molecule has 1 aromatic rings. The molecule has 1 spiro atoms. The number of aliphatic imine (C=N–C) groups is 1. The molecule has 0 radical (unpaired) electrons. The minimum absolute atomic E-state index is 0.0501. The molecule has 0 saturated carbocycles. The fraction of sp³-hybridized carbons (Fsp3) is 0.429. The van der Waals surface area contributed by atoms with Gasteiger partial charge in [-0.15, -0.1) is 0 Å². The summed E-state index contributed by atoms with van der Waals surface area (Å²) in [5.41, 5.74) is -0.510. The van der Waals surface area contributed by atoms with E-state index in [0.29, 0.717) is 18.1 Å². The van der Waals surface area contributed by atoms with Gasteiger partial charge in [0.25, 0.3) is 5.91 Å². The highest BCUT2D eigenvalue weighted by atomic mass is 32.2. The fourth-order valence-electron chi connectivity index (χ4n) is 2.80. The fourth-order valence-corrected chi connectivity index (χ4v) is 4.45. The summed E-state index contributed by atoms with van der Waals surface area (Å²) in [5.74, 6) is 0.140. The summed E-state index contributed by atoms with van der Waals surface area (Å²) in [6.07, 6.45) is 1.09. The van der Waals surface area contributed by atoms with Crippen LogP contribution in [0.3, 0.4) is 0 Å². The Bertz CT molecular complexity index is 727. The Morgan fingerprint density at radius 2 is 2.10 bits per heavy atom. The zero-order valence-electron chi connectivity index (χ0n) is 11.7.